The molecule has 2 saturated carbocycles. The number of aromatic nitrogens is 1. The molecule has 5 rings (SSSR count). The zero-order chi connectivity index (χ0) is 22.2. The fraction of sp³-hybridized carbons (Fsp3) is 0.500. The van der Waals surface area contributed by atoms with E-state index in [0.717, 1.165) is 0 Å². The SMILES string of the molecule is [2H]c1cc2ccc(C)cc2c(-c2cc(C3CCCCC3)cc(C3CCCCC3)c2C)[n+]1C. The van der Waals surface area contributed by atoms with Gasteiger partial charge >= 0.3 is 0 Å². The maximum atomic E-state index is 8.68. The van der Waals surface area contributed by atoms with E-state index in [1.54, 1.807) is 11.1 Å². The molecule has 0 atom stereocenters. The molecule has 0 radical (unpaired) electrons. The van der Waals surface area contributed by atoms with Gasteiger partial charge in [-0.3, -0.25) is 0 Å². The van der Waals surface area contributed by atoms with E-state index in [9.17, 15) is 0 Å². The van der Waals surface area contributed by atoms with Crippen LogP contribution in [-0.4, -0.2) is 0 Å². The molecule has 0 N–H and O–H groups in total. The molecule has 2 aliphatic rings. The van der Waals surface area contributed by atoms with Crippen molar-refractivity contribution >= 4 is 10.8 Å². The Kier molecular flexibility index (Phi) is 5.52. The molecule has 31 heavy (non-hydrogen) atoms. The summed E-state index contributed by atoms with van der Waals surface area (Å²) in [6, 6.07) is 13.8. The third-order valence-electron chi connectivity index (χ3n) is 8.06. The van der Waals surface area contributed by atoms with Crippen molar-refractivity contribution in [1.82, 2.24) is 0 Å². The van der Waals surface area contributed by atoms with Gasteiger partial charge in [0.25, 0.3) is 0 Å². The van der Waals surface area contributed by atoms with Crippen molar-refractivity contribution in [2.24, 2.45) is 7.05 Å². The van der Waals surface area contributed by atoms with E-state index in [2.05, 4.69) is 55.8 Å². The van der Waals surface area contributed by atoms with Crippen LogP contribution in [0.4, 0.5) is 0 Å². The summed E-state index contributed by atoms with van der Waals surface area (Å²) in [6.45, 7) is 4.53. The van der Waals surface area contributed by atoms with E-state index in [-0.39, 0.29) is 0 Å². The van der Waals surface area contributed by atoms with Crippen molar-refractivity contribution in [2.75, 3.05) is 0 Å². The van der Waals surface area contributed by atoms with Crippen molar-refractivity contribution < 1.29 is 5.94 Å². The fourth-order valence-electron chi connectivity index (χ4n) is 6.25. The molecule has 1 aromatic heterocycles. The lowest BCUT2D eigenvalue weighted by molar-refractivity contribution is -0.659. The van der Waals surface area contributed by atoms with Crippen LogP contribution in [0.1, 0.15) is 99.7 Å². The van der Waals surface area contributed by atoms with E-state index in [4.69, 9.17) is 1.37 Å². The number of fused-ring (bicyclic) bond motifs is 1. The summed E-state index contributed by atoms with van der Waals surface area (Å²) in [5.74, 6) is 1.39. The summed E-state index contributed by atoms with van der Waals surface area (Å²) >= 11 is 0. The van der Waals surface area contributed by atoms with E-state index in [0.29, 0.717) is 18.0 Å². The largest absolute Gasteiger partial charge is 0.220 e. The molecule has 2 fully saturated rings. The van der Waals surface area contributed by atoms with Crippen molar-refractivity contribution in [2.45, 2.75) is 89.9 Å². The molecule has 1 heteroatoms. The van der Waals surface area contributed by atoms with Crippen molar-refractivity contribution in [1.29, 1.82) is 0 Å². The number of nitrogens with zero attached hydrogens (tertiary/aromatic N) is 1. The molecule has 2 aliphatic carbocycles. The first-order chi connectivity index (χ1) is 15.5. The van der Waals surface area contributed by atoms with Gasteiger partial charge in [0.15, 0.2) is 6.17 Å². The number of benzene rings is 2. The highest BCUT2D eigenvalue weighted by Gasteiger charge is 2.26. The Hall–Kier alpha value is -2.15. The van der Waals surface area contributed by atoms with Crippen LogP contribution in [-0.2, 0) is 7.05 Å². The molecule has 0 unspecified atom stereocenters. The molecule has 0 amide bonds. The second kappa shape index (κ2) is 8.77. The quantitative estimate of drug-likeness (QED) is 0.382. The number of aryl methyl sites for hydroxylation is 1. The van der Waals surface area contributed by atoms with Crippen molar-refractivity contribution in [3.05, 3.63) is 64.8 Å². The van der Waals surface area contributed by atoms with E-state index in [1.807, 2.05) is 6.07 Å². The Bertz CT molecular complexity index is 1130. The van der Waals surface area contributed by atoms with Gasteiger partial charge in [0.1, 0.15) is 8.42 Å². The molecular weight excluding hydrogens is 374 g/mol. The fourth-order valence-corrected chi connectivity index (χ4v) is 6.25. The Morgan fingerprint density at radius 3 is 2.19 bits per heavy atom. The monoisotopic (exact) mass is 413 g/mol. The molecule has 2 aromatic carbocycles. The third-order valence-corrected chi connectivity index (χ3v) is 8.06. The maximum absolute atomic E-state index is 8.68. The highest BCUT2D eigenvalue weighted by molar-refractivity contribution is 5.94. The zero-order valence-electron chi connectivity index (χ0n) is 20.6. The molecule has 0 aliphatic heterocycles. The van der Waals surface area contributed by atoms with Gasteiger partial charge in [-0.1, -0.05) is 62.3 Å². The number of rotatable bonds is 3. The molecule has 0 saturated heterocycles. The lowest BCUT2D eigenvalue weighted by Gasteiger charge is -2.28. The maximum Gasteiger partial charge on any atom is 0.220 e. The van der Waals surface area contributed by atoms with Crippen LogP contribution in [0.5, 0.6) is 0 Å². The second-order valence-electron chi connectivity index (χ2n) is 10.2. The normalized spacial score (nSPS) is 19.0. The summed E-state index contributed by atoms with van der Waals surface area (Å²) in [5, 5.41) is 2.46. The van der Waals surface area contributed by atoms with Gasteiger partial charge < -0.3 is 0 Å². The van der Waals surface area contributed by atoms with Crippen LogP contribution in [0, 0.1) is 13.8 Å². The highest BCUT2D eigenvalue weighted by atomic mass is 14.9. The van der Waals surface area contributed by atoms with Gasteiger partial charge in [-0.15, -0.1) is 0 Å². The topological polar surface area (TPSA) is 3.88 Å². The summed E-state index contributed by atoms with van der Waals surface area (Å²) in [5.41, 5.74) is 8.47. The summed E-state index contributed by atoms with van der Waals surface area (Å²) in [7, 11) is 2.08. The Morgan fingerprint density at radius 1 is 0.806 bits per heavy atom. The third kappa shape index (κ3) is 4.04. The number of pyridine rings is 1. The minimum absolute atomic E-state index is 0.582. The second-order valence-corrected chi connectivity index (χ2v) is 10.2. The lowest BCUT2D eigenvalue weighted by Crippen LogP contribution is -2.31. The first-order valence-electron chi connectivity index (χ1n) is 13.1. The molecular formula is C30H38N+. The first-order valence-corrected chi connectivity index (χ1v) is 12.6. The Balaban J connectivity index is 1.76. The van der Waals surface area contributed by atoms with Gasteiger partial charge in [0.2, 0.25) is 5.69 Å². The average molecular weight is 414 g/mol. The molecule has 162 valence electrons. The van der Waals surface area contributed by atoms with Crippen LogP contribution < -0.4 is 4.57 Å². The Labute approximate surface area is 189 Å². The predicted octanol–water partition coefficient (Wildman–Crippen LogP) is 8.04. The standard InChI is InChI=1S/C30H38N/c1-21-14-15-25-16-17-31(3)30(29(25)18-21)28-20-26(23-10-6-4-7-11-23)19-27(22(28)2)24-12-8-5-9-13-24/h14-20,23-24H,4-13H2,1-3H3/q+1/i17D. The van der Waals surface area contributed by atoms with Crippen LogP contribution in [0.3, 0.4) is 0 Å². The smallest absolute Gasteiger partial charge is 0.200 e. The molecule has 0 bridgehead atoms. The van der Waals surface area contributed by atoms with Crippen LogP contribution in [0.15, 0.2) is 42.6 Å². The van der Waals surface area contributed by atoms with Gasteiger partial charge in [0, 0.05) is 6.07 Å². The minimum atomic E-state index is 0.582. The van der Waals surface area contributed by atoms with Crippen LogP contribution in [0.2, 0.25) is 0 Å². The van der Waals surface area contributed by atoms with Gasteiger partial charge in [-0.2, -0.15) is 0 Å². The Morgan fingerprint density at radius 2 is 1.48 bits per heavy atom. The van der Waals surface area contributed by atoms with Crippen LogP contribution >= 0.6 is 0 Å². The lowest BCUT2D eigenvalue weighted by atomic mass is 9.76. The van der Waals surface area contributed by atoms with Gasteiger partial charge in [-0.25, -0.2) is 4.57 Å². The zero-order valence-corrected chi connectivity index (χ0v) is 19.6. The molecule has 1 heterocycles. The van der Waals surface area contributed by atoms with Crippen molar-refractivity contribution in [3.8, 4) is 11.3 Å². The van der Waals surface area contributed by atoms with E-state index < -0.39 is 0 Å². The first kappa shape index (κ1) is 19.5. The predicted molar refractivity (Wildman–Crippen MR) is 132 cm³/mol. The molecule has 3 aromatic rings. The van der Waals surface area contributed by atoms with Gasteiger partial charge in [0.05, 0.1) is 10.9 Å². The van der Waals surface area contributed by atoms with Gasteiger partial charge in [-0.05, 0) is 85.6 Å². The number of hydrogen-bond donors (Lipinski definition) is 0. The van der Waals surface area contributed by atoms with Crippen molar-refractivity contribution in [3.63, 3.8) is 0 Å². The summed E-state index contributed by atoms with van der Waals surface area (Å²) in [4.78, 5) is 0. The van der Waals surface area contributed by atoms with Crippen LogP contribution in [0.25, 0.3) is 22.0 Å². The van der Waals surface area contributed by atoms with E-state index >= 15 is 0 Å². The molecule has 1 nitrogen and oxygen atoms in total. The highest BCUT2D eigenvalue weighted by Crippen LogP contribution is 2.42. The van der Waals surface area contributed by atoms with E-state index in [1.165, 1.54) is 97.4 Å². The summed E-state index contributed by atoms with van der Waals surface area (Å²) < 4.78 is 10.8. The minimum Gasteiger partial charge on any atom is -0.200 e. The number of hydrogen-bond acceptors (Lipinski definition) is 0. The molecule has 0 spiro atoms. The average Bonchev–Trinajstić information content (AvgIpc) is 2.82. The summed E-state index contributed by atoms with van der Waals surface area (Å²) in [6.07, 6.45) is 14.2.